The van der Waals surface area contributed by atoms with Crippen molar-refractivity contribution in [2.75, 3.05) is 6.54 Å². The van der Waals surface area contributed by atoms with Crippen LogP contribution in [-0.2, 0) is 6.54 Å². The second-order valence-electron chi connectivity index (χ2n) is 7.68. The predicted octanol–water partition coefficient (Wildman–Crippen LogP) is 4.28. The molecule has 8 nitrogen and oxygen atoms in total. The van der Waals surface area contributed by atoms with Crippen molar-refractivity contribution in [1.82, 2.24) is 30.5 Å². The van der Waals surface area contributed by atoms with E-state index in [0.717, 1.165) is 40.7 Å². The van der Waals surface area contributed by atoms with Crippen LogP contribution in [0.15, 0.2) is 48.8 Å². The summed E-state index contributed by atoms with van der Waals surface area (Å²) in [5, 5.41) is 21.2. The molecule has 0 aliphatic heterocycles. The first kappa shape index (κ1) is 19.9. The lowest BCUT2D eigenvalue weighted by Crippen LogP contribution is -2.13. The molecular weight excluding hydrogens is 404 g/mol. The minimum Gasteiger partial charge on any atom is -0.478 e. The number of rotatable bonds is 6. The lowest BCUT2D eigenvalue weighted by Gasteiger charge is -2.11. The fraction of sp³-hybridized carbons (Fsp3) is 0.167. The van der Waals surface area contributed by atoms with Crippen LogP contribution in [0.4, 0.5) is 0 Å². The third-order valence-corrected chi connectivity index (χ3v) is 5.73. The number of H-pyrrole nitrogens is 2. The maximum absolute atomic E-state index is 11.6. The number of aromatic amines is 2. The van der Waals surface area contributed by atoms with E-state index in [0.29, 0.717) is 22.6 Å². The highest BCUT2D eigenvalue weighted by molar-refractivity contribution is 6.02. The van der Waals surface area contributed by atoms with Crippen LogP contribution in [0.2, 0.25) is 0 Å². The molecule has 0 unspecified atom stereocenters. The summed E-state index contributed by atoms with van der Waals surface area (Å²) in [6, 6.07) is 11.2. The first-order valence-corrected chi connectivity index (χ1v) is 10.4. The standard InChI is InChI=1S/C24H22N6O2/c1-3-25-10-15-11-26-12-18(13(15)2)14-7-8-19-17(9-14)22(30-29-19)23-27-20-6-4-5-16(24(31)32)21(20)28-23/h4-9,11-12,25H,3,10H2,1-2H3,(H,27,28)(H,29,30)(H,31,32). The van der Waals surface area contributed by atoms with Gasteiger partial charge in [0, 0.05) is 29.9 Å². The molecule has 160 valence electrons. The molecule has 32 heavy (non-hydrogen) atoms. The molecule has 0 fully saturated rings. The summed E-state index contributed by atoms with van der Waals surface area (Å²) >= 11 is 0. The Morgan fingerprint density at radius 3 is 2.84 bits per heavy atom. The van der Waals surface area contributed by atoms with Gasteiger partial charge in [0.05, 0.1) is 16.6 Å². The number of fused-ring (bicyclic) bond motifs is 2. The fourth-order valence-corrected chi connectivity index (χ4v) is 3.98. The van der Waals surface area contributed by atoms with E-state index < -0.39 is 5.97 Å². The maximum Gasteiger partial charge on any atom is 0.337 e. The molecule has 4 N–H and O–H groups in total. The number of pyridine rings is 1. The number of benzene rings is 2. The smallest absolute Gasteiger partial charge is 0.337 e. The van der Waals surface area contributed by atoms with Crippen LogP contribution < -0.4 is 5.32 Å². The number of imidazole rings is 1. The molecule has 2 aromatic carbocycles. The molecule has 0 radical (unpaired) electrons. The van der Waals surface area contributed by atoms with Crippen molar-refractivity contribution < 1.29 is 9.90 Å². The Hall–Kier alpha value is -4.04. The van der Waals surface area contributed by atoms with Gasteiger partial charge in [-0.1, -0.05) is 19.1 Å². The molecule has 0 bridgehead atoms. The summed E-state index contributed by atoms with van der Waals surface area (Å²) in [7, 11) is 0. The number of carbonyl (C=O) groups is 1. The molecule has 0 spiro atoms. The quantitative estimate of drug-likeness (QED) is 0.322. The normalized spacial score (nSPS) is 11.4. The molecule has 3 aromatic heterocycles. The number of hydrogen-bond donors (Lipinski definition) is 4. The van der Waals surface area contributed by atoms with E-state index in [2.05, 4.69) is 50.4 Å². The molecule has 5 aromatic rings. The van der Waals surface area contributed by atoms with E-state index in [-0.39, 0.29) is 5.56 Å². The Morgan fingerprint density at radius 2 is 2.03 bits per heavy atom. The van der Waals surface area contributed by atoms with Gasteiger partial charge in [-0.25, -0.2) is 9.78 Å². The Balaban J connectivity index is 1.63. The van der Waals surface area contributed by atoms with Gasteiger partial charge in [0.15, 0.2) is 5.82 Å². The first-order valence-electron chi connectivity index (χ1n) is 10.4. The van der Waals surface area contributed by atoms with Gasteiger partial charge < -0.3 is 15.4 Å². The summed E-state index contributed by atoms with van der Waals surface area (Å²) < 4.78 is 0. The summed E-state index contributed by atoms with van der Waals surface area (Å²) in [5.74, 6) is -0.490. The second kappa shape index (κ2) is 7.90. The molecule has 0 aliphatic carbocycles. The highest BCUT2D eigenvalue weighted by Gasteiger charge is 2.17. The van der Waals surface area contributed by atoms with Crippen molar-refractivity contribution in [3.63, 3.8) is 0 Å². The molecule has 0 aliphatic rings. The van der Waals surface area contributed by atoms with Gasteiger partial charge in [0.25, 0.3) is 0 Å². The topological polar surface area (TPSA) is 120 Å². The third-order valence-electron chi connectivity index (χ3n) is 5.73. The number of carboxylic acid groups (broad SMARTS) is 1. The molecule has 5 rings (SSSR count). The van der Waals surface area contributed by atoms with Gasteiger partial charge in [-0.05, 0) is 54.4 Å². The number of nitrogens with zero attached hydrogens (tertiary/aromatic N) is 3. The van der Waals surface area contributed by atoms with Gasteiger partial charge in [-0.15, -0.1) is 0 Å². The molecular formula is C24H22N6O2. The van der Waals surface area contributed by atoms with Crippen LogP contribution in [-0.4, -0.2) is 42.8 Å². The minimum absolute atomic E-state index is 0.157. The second-order valence-corrected chi connectivity index (χ2v) is 7.68. The minimum atomic E-state index is -1.01. The van der Waals surface area contributed by atoms with Gasteiger partial charge in [0.2, 0.25) is 0 Å². The zero-order valence-corrected chi connectivity index (χ0v) is 17.7. The van der Waals surface area contributed by atoms with Crippen LogP contribution in [0.5, 0.6) is 0 Å². The van der Waals surface area contributed by atoms with Crippen LogP contribution >= 0.6 is 0 Å². The van der Waals surface area contributed by atoms with E-state index in [1.54, 1.807) is 12.1 Å². The lowest BCUT2D eigenvalue weighted by atomic mass is 9.98. The Bertz CT molecular complexity index is 1470. The van der Waals surface area contributed by atoms with Gasteiger partial charge >= 0.3 is 5.97 Å². The lowest BCUT2D eigenvalue weighted by molar-refractivity contribution is 0.0699. The monoisotopic (exact) mass is 426 g/mol. The number of aromatic carboxylic acids is 1. The molecule has 0 atom stereocenters. The molecule has 0 saturated heterocycles. The molecule has 0 amide bonds. The number of nitrogens with one attached hydrogen (secondary N) is 3. The summed E-state index contributed by atoms with van der Waals surface area (Å²) in [4.78, 5) is 23.8. The van der Waals surface area contributed by atoms with E-state index in [1.807, 2.05) is 30.6 Å². The SMILES string of the molecule is CCNCc1cncc(-c2ccc3[nH]nc(-c4nc5c(C(=O)O)cccc5[nH]4)c3c2)c1C. The third kappa shape index (κ3) is 3.30. The van der Waals surface area contributed by atoms with Crippen LogP contribution in [0, 0.1) is 6.92 Å². The summed E-state index contributed by atoms with van der Waals surface area (Å²) in [6.45, 7) is 5.86. The Morgan fingerprint density at radius 1 is 1.16 bits per heavy atom. The van der Waals surface area contributed by atoms with Crippen LogP contribution in [0.25, 0.3) is 44.6 Å². The van der Waals surface area contributed by atoms with Crippen molar-refractivity contribution in [1.29, 1.82) is 0 Å². The average Bonchev–Trinajstić information content (AvgIpc) is 3.41. The Kier molecular flexibility index (Phi) is 4.91. The summed E-state index contributed by atoms with van der Waals surface area (Å²) in [5.41, 5.74) is 7.18. The van der Waals surface area contributed by atoms with Gasteiger partial charge in [0.1, 0.15) is 11.2 Å². The van der Waals surface area contributed by atoms with Crippen molar-refractivity contribution in [3.8, 4) is 22.6 Å². The Labute approximate surface area is 183 Å². The number of hydrogen-bond acceptors (Lipinski definition) is 5. The van der Waals surface area contributed by atoms with Crippen LogP contribution in [0.1, 0.15) is 28.4 Å². The highest BCUT2D eigenvalue weighted by atomic mass is 16.4. The fourth-order valence-electron chi connectivity index (χ4n) is 3.98. The van der Waals surface area contributed by atoms with E-state index in [9.17, 15) is 9.90 Å². The maximum atomic E-state index is 11.6. The molecule has 0 saturated carbocycles. The zero-order chi connectivity index (χ0) is 22.2. The van der Waals surface area contributed by atoms with E-state index in [1.165, 1.54) is 5.56 Å². The number of carboxylic acids is 1. The highest BCUT2D eigenvalue weighted by Crippen LogP contribution is 2.32. The van der Waals surface area contributed by atoms with Crippen LogP contribution in [0.3, 0.4) is 0 Å². The zero-order valence-electron chi connectivity index (χ0n) is 17.7. The molecule has 8 heteroatoms. The van der Waals surface area contributed by atoms with Crippen molar-refractivity contribution in [2.24, 2.45) is 0 Å². The number of aromatic nitrogens is 5. The largest absolute Gasteiger partial charge is 0.478 e. The van der Waals surface area contributed by atoms with Gasteiger partial charge in [-0.2, -0.15) is 5.10 Å². The van der Waals surface area contributed by atoms with Crippen molar-refractivity contribution in [3.05, 3.63) is 65.5 Å². The number of para-hydroxylation sites is 1. The van der Waals surface area contributed by atoms with E-state index >= 15 is 0 Å². The van der Waals surface area contributed by atoms with Gasteiger partial charge in [-0.3, -0.25) is 10.1 Å². The average molecular weight is 426 g/mol. The van der Waals surface area contributed by atoms with Crippen molar-refractivity contribution in [2.45, 2.75) is 20.4 Å². The predicted molar refractivity (Wildman–Crippen MR) is 123 cm³/mol. The van der Waals surface area contributed by atoms with Crippen molar-refractivity contribution >= 4 is 27.9 Å². The summed E-state index contributed by atoms with van der Waals surface area (Å²) in [6.07, 6.45) is 3.78. The molecule has 3 heterocycles. The first-order chi connectivity index (χ1) is 15.6. The van der Waals surface area contributed by atoms with E-state index in [4.69, 9.17) is 0 Å².